The van der Waals surface area contributed by atoms with Crippen molar-refractivity contribution in [3.8, 4) is 5.75 Å². The van der Waals surface area contributed by atoms with E-state index in [1.807, 2.05) is 37.4 Å². The molecule has 2 aliphatic rings. The zero-order valence-electron chi connectivity index (χ0n) is 16.1. The Balaban J connectivity index is 1.48. The molecule has 0 radical (unpaired) electrons. The summed E-state index contributed by atoms with van der Waals surface area (Å²) in [5, 5.41) is 10.6. The molecule has 0 bridgehead atoms. The summed E-state index contributed by atoms with van der Waals surface area (Å²) in [6.07, 6.45) is 6.51. The molecular formula is C22H19N2O5S+. The van der Waals surface area contributed by atoms with Gasteiger partial charge in [0.1, 0.15) is 0 Å². The number of carboxylic acids is 1. The number of nitrogens with one attached hydrogen (secondary N) is 1. The van der Waals surface area contributed by atoms with Crippen LogP contribution >= 0.6 is 11.8 Å². The highest BCUT2D eigenvalue weighted by Crippen LogP contribution is 2.34. The second-order valence-electron chi connectivity index (χ2n) is 6.80. The van der Waals surface area contributed by atoms with Crippen LogP contribution in [0.3, 0.4) is 0 Å². The number of rotatable bonds is 5. The highest BCUT2D eigenvalue weighted by atomic mass is 32.2. The first-order valence-electron chi connectivity index (χ1n) is 9.33. The molecule has 152 valence electrons. The van der Waals surface area contributed by atoms with Crippen LogP contribution in [-0.4, -0.2) is 40.7 Å². The van der Waals surface area contributed by atoms with Crippen LogP contribution in [0.15, 0.2) is 71.5 Å². The quantitative estimate of drug-likeness (QED) is 0.719. The summed E-state index contributed by atoms with van der Waals surface area (Å²) >= 11 is 0.805. The number of amides is 2. The zero-order chi connectivity index (χ0) is 21.3. The molecule has 0 spiro atoms. The summed E-state index contributed by atoms with van der Waals surface area (Å²) in [5.41, 5.74) is 1.08. The molecule has 2 N–H and O–H groups in total. The number of benzene rings is 2. The van der Waals surface area contributed by atoms with Gasteiger partial charge in [-0.25, -0.2) is 4.90 Å². The van der Waals surface area contributed by atoms with Crippen LogP contribution in [0.4, 0.5) is 10.5 Å². The summed E-state index contributed by atoms with van der Waals surface area (Å²) in [7, 11) is 2.01. The van der Waals surface area contributed by atoms with Crippen LogP contribution in [0.2, 0.25) is 0 Å². The van der Waals surface area contributed by atoms with Gasteiger partial charge >= 0.3 is 11.9 Å². The predicted molar refractivity (Wildman–Crippen MR) is 113 cm³/mol. The Bertz CT molecular complexity index is 1150. The number of hydrogen-bond acceptors (Lipinski definition) is 5. The Morgan fingerprint density at radius 3 is 2.73 bits per heavy atom. The van der Waals surface area contributed by atoms with Crippen LogP contribution in [0.1, 0.15) is 6.42 Å². The van der Waals surface area contributed by atoms with Gasteiger partial charge in [0.25, 0.3) is 11.1 Å². The Kier molecular flexibility index (Phi) is 5.43. The van der Waals surface area contributed by atoms with Crippen LogP contribution < -0.4 is 9.64 Å². The van der Waals surface area contributed by atoms with E-state index < -0.39 is 17.1 Å². The fourth-order valence-electron chi connectivity index (χ4n) is 3.40. The second kappa shape index (κ2) is 8.17. The summed E-state index contributed by atoms with van der Waals surface area (Å²) in [4.78, 5) is 37.1. The second-order valence-corrected chi connectivity index (χ2v) is 7.80. The minimum absolute atomic E-state index is 0.126. The molecule has 0 aliphatic carbocycles. The number of thioether (sulfide) groups is 1. The van der Waals surface area contributed by atoms with Gasteiger partial charge in [0, 0.05) is 18.0 Å². The van der Waals surface area contributed by atoms with Gasteiger partial charge in [-0.15, -0.1) is 0 Å². The Hall–Kier alpha value is -3.36. The maximum Gasteiger partial charge on any atom is 0.305 e. The van der Waals surface area contributed by atoms with Crippen LogP contribution in [0.5, 0.6) is 5.75 Å². The Morgan fingerprint density at radius 2 is 1.93 bits per heavy atom. The van der Waals surface area contributed by atoms with E-state index in [9.17, 15) is 14.4 Å². The molecule has 2 aromatic rings. The number of hydrogen-bond donors (Lipinski definition) is 2. The normalized spacial score (nSPS) is 21.2. The molecular weight excluding hydrogens is 404 g/mol. The fraction of sp³-hybridized carbons (Fsp3) is 0.136. The Morgan fingerprint density at radius 1 is 1.17 bits per heavy atom. The molecule has 1 fully saturated rings. The lowest BCUT2D eigenvalue weighted by Gasteiger charge is -2.09. The summed E-state index contributed by atoms with van der Waals surface area (Å²) in [6, 6.07) is 12.1. The predicted octanol–water partition coefficient (Wildman–Crippen LogP) is 2.83. The van der Waals surface area contributed by atoms with Crippen LogP contribution in [-0.2, 0) is 9.59 Å². The summed E-state index contributed by atoms with van der Waals surface area (Å²) < 4.78 is 5.97. The zero-order valence-corrected chi connectivity index (χ0v) is 16.9. The van der Waals surface area contributed by atoms with Gasteiger partial charge < -0.3 is 9.84 Å². The average Bonchev–Trinajstić information content (AvgIpc) is 3.19. The maximum absolute atomic E-state index is 12.2. The summed E-state index contributed by atoms with van der Waals surface area (Å²) in [5.74, 6) is 0.00904. The van der Waals surface area contributed by atoms with Crippen molar-refractivity contribution in [2.75, 3.05) is 13.6 Å². The molecule has 2 amide bonds. The van der Waals surface area contributed by atoms with Crippen molar-refractivity contribution in [2.24, 2.45) is 0 Å². The molecule has 30 heavy (non-hydrogen) atoms. The minimum atomic E-state index is -1.05. The van der Waals surface area contributed by atoms with Gasteiger partial charge in [-0.1, -0.05) is 36.4 Å². The monoisotopic (exact) mass is 423 g/mol. The van der Waals surface area contributed by atoms with E-state index in [4.69, 9.17) is 9.84 Å². The Labute approximate surface area is 176 Å². The summed E-state index contributed by atoms with van der Waals surface area (Å²) in [6.45, 7) is -0.126. The standard InChI is InChI=1S/C22H18N2O5S/c1-23-18(29-16-11-10-14-6-2-3-7-15(14)20(16)23)9-5-4-8-17-21(27)24(22(28)30-17)13-12-19(25)26/h2-11H,12-13H2,1H3,(H,25,26)/p+1. The van der Waals surface area contributed by atoms with Crippen molar-refractivity contribution in [1.29, 1.82) is 0 Å². The molecule has 0 aromatic heterocycles. The van der Waals surface area contributed by atoms with Gasteiger partial charge in [-0.05, 0) is 35.4 Å². The van der Waals surface area contributed by atoms with Crippen LogP contribution in [0, 0.1) is 0 Å². The molecule has 1 saturated heterocycles. The highest BCUT2D eigenvalue weighted by Gasteiger charge is 2.34. The fourth-order valence-corrected chi connectivity index (χ4v) is 4.22. The van der Waals surface area contributed by atoms with Gasteiger partial charge in [0.15, 0.2) is 11.4 Å². The van der Waals surface area contributed by atoms with E-state index in [-0.39, 0.29) is 17.9 Å². The van der Waals surface area contributed by atoms with Crippen molar-refractivity contribution in [3.63, 3.8) is 0 Å². The number of carboxylic acid groups (broad SMARTS) is 1. The number of quaternary nitrogens is 1. The number of carbonyl (C=O) groups excluding carboxylic acids is 2. The minimum Gasteiger partial charge on any atom is -0.481 e. The molecule has 2 aliphatic heterocycles. The number of carbonyl (C=O) groups is 3. The number of fused-ring (bicyclic) bond motifs is 3. The average molecular weight is 423 g/mol. The number of ether oxygens (including phenoxy) is 1. The van der Waals surface area contributed by atoms with E-state index in [1.165, 1.54) is 0 Å². The third kappa shape index (κ3) is 3.74. The number of nitrogens with zero attached hydrogens (tertiary/aromatic N) is 1. The first-order valence-corrected chi connectivity index (χ1v) is 10.2. The van der Waals surface area contributed by atoms with Crippen molar-refractivity contribution in [3.05, 3.63) is 71.5 Å². The third-order valence-corrected chi connectivity index (χ3v) is 5.81. The third-order valence-electron chi connectivity index (χ3n) is 4.88. The van der Waals surface area contributed by atoms with Crippen LogP contribution in [0.25, 0.3) is 10.8 Å². The van der Waals surface area contributed by atoms with E-state index in [2.05, 4.69) is 12.1 Å². The van der Waals surface area contributed by atoms with Gasteiger partial charge in [-0.3, -0.25) is 19.3 Å². The van der Waals surface area contributed by atoms with Gasteiger partial charge in [0.2, 0.25) is 0 Å². The molecule has 0 saturated carbocycles. The largest absolute Gasteiger partial charge is 0.481 e. The molecule has 4 rings (SSSR count). The van der Waals surface area contributed by atoms with E-state index >= 15 is 0 Å². The number of imide groups is 1. The highest BCUT2D eigenvalue weighted by molar-refractivity contribution is 8.18. The molecule has 7 nitrogen and oxygen atoms in total. The molecule has 1 unspecified atom stereocenters. The van der Waals surface area contributed by atoms with E-state index in [1.54, 1.807) is 18.2 Å². The van der Waals surface area contributed by atoms with E-state index in [0.717, 1.165) is 49.7 Å². The first-order chi connectivity index (χ1) is 14.5. The molecule has 2 heterocycles. The number of aliphatic carboxylic acids is 1. The smallest absolute Gasteiger partial charge is 0.305 e. The SMILES string of the molecule is C[NH+]1C(=CC=CC=C2SC(=O)N(CCC(=O)O)C2=O)Oc2ccc3ccccc3c21. The van der Waals surface area contributed by atoms with Gasteiger partial charge in [0.05, 0.1) is 18.4 Å². The molecule has 2 aromatic carbocycles. The van der Waals surface area contributed by atoms with Crippen molar-refractivity contribution in [2.45, 2.75) is 6.42 Å². The lowest BCUT2D eigenvalue weighted by molar-refractivity contribution is -0.770. The lowest BCUT2D eigenvalue weighted by atomic mass is 10.1. The van der Waals surface area contributed by atoms with Crippen molar-refractivity contribution < 1.29 is 29.1 Å². The van der Waals surface area contributed by atoms with Crippen molar-refractivity contribution >= 4 is 45.3 Å². The lowest BCUT2D eigenvalue weighted by Crippen LogP contribution is -3.00. The molecule has 1 atom stereocenters. The van der Waals surface area contributed by atoms with Gasteiger partial charge in [-0.2, -0.15) is 0 Å². The van der Waals surface area contributed by atoms with E-state index in [0.29, 0.717) is 0 Å². The molecule has 8 heteroatoms. The first kappa shape index (κ1) is 19.9. The maximum atomic E-state index is 12.2. The van der Waals surface area contributed by atoms with Crippen molar-refractivity contribution in [1.82, 2.24) is 4.90 Å². The topological polar surface area (TPSA) is 88.4 Å². The number of allylic oxidation sites excluding steroid dienone is 4.